The van der Waals surface area contributed by atoms with Gasteiger partial charge in [0.1, 0.15) is 11.4 Å². The fourth-order valence-corrected chi connectivity index (χ4v) is 5.04. The number of rotatable bonds is 2. The van der Waals surface area contributed by atoms with Gasteiger partial charge in [0, 0.05) is 25.1 Å². The third kappa shape index (κ3) is 2.35. The normalized spacial score (nSPS) is 34.3. The molecule has 0 spiro atoms. The summed E-state index contributed by atoms with van der Waals surface area (Å²) in [5.74, 6) is -0.115. The molecule has 6 nitrogen and oxygen atoms in total. The molecule has 2 bridgehead atoms. The average molecular weight is 373 g/mol. The Kier molecular flexibility index (Phi) is 3.71. The first-order chi connectivity index (χ1) is 12.5. The Morgan fingerprint density at radius 1 is 1.33 bits per heavy atom. The first-order valence-corrected chi connectivity index (χ1v) is 9.41. The maximum Gasteiger partial charge on any atom is 0.349 e. The second-order valence-electron chi connectivity index (χ2n) is 9.03. The molecule has 2 saturated heterocycles. The topological polar surface area (TPSA) is 65.1 Å². The molecular formula is C21H27NO5. The molecule has 0 unspecified atom stereocenters. The third-order valence-corrected chi connectivity index (χ3v) is 6.12. The van der Waals surface area contributed by atoms with Crippen LogP contribution in [-0.4, -0.2) is 48.8 Å². The van der Waals surface area contributed by atoms with Crippen molar-refractivity contribution in [2.75, 3.05) is 19.1 Å². The lowest BCUT2D eigenvalue weighted by molar-refractivity contribution is -0.199. The van der Waals surface area contributed by atoms with Gasteiger partial charge in [-0.1, -0.05) is 0 Å². The van der Waals surface area contributed by atoms with E-state index < -0.39 is 28.8 Å². The van der Waals surface area contributed by atoms with E-state index >= 15 is 0 Å². The summed E-state index contributed by atoms with van der Waals surface area (Å²) < 4.78 is 17.4. The number of ether oxygens (including phenoxy) is 3. The molecule has 27 heavy (non-hydrogen) atoms. The SMILES string of the molecule is COc1ccc2c(c1)[C@H]1[C@@H](N2C)[C@@]2(C(=O)OC(C)(C)C)O[C@]1(C)CCC2=O. The summed E-state index contributed by atoms with van der Waals surface area (Å²) >= 11 is 0. The molecular weight excluding hydrogens is 346 g/mol. The fourth-order valence-electron chi connectivity index (χ4n) is 5.04. The molecule has 0 aliphatic carbocycles. The van der Waals surface area contributed by atoms with Crippen LogP contribution in [0.4, 0.5) is 5.69 Å². The van der Waals surface area contributed by atoms with E-state index in [0.29, 0.717) is 12.8 Å². The van der Waals surface area contributed by atoms with Gasteiger partial charge in [-0.3, -0.25) is 4.79 Å². The molecule has 4 rings (SSSR count). The number of ketones is 1. The molecule has 3 aliphatic rings. The number of anilines is 1. The van der Waals surface area contributed by atoms with E-state index in [1.807, 2.05) is 37.1 Å². The van der Waals surface area contributed by atoms with Gasteiger partial charge in [0.15, 0.2) is 5.78 Å². The fraction of sp³-hybridized carbons (Fsp3) is 0.619. The van der Waals surface area contributed by atoms with Gasteiger partial charge in [-0.25, -0.2) is 4.79 Å². The quantitative estimate of drug-likeness (QED) is 0.587. The lowest BCUT2D eigenvalue weighted by Crippen LogP contribution is -2.62. The number of hydrogen-bond acceptors (Lipinski definition) is 6. The molecule has 3 heterocycles. The summed E-state index contributed by atoms with van der Waals surface area (Å²) in [4.78, 5) is 28.4. The number of carbonyl (C=O) groups excluding carboxylic acids is 2. The summed E-state index contributed by atoms with van der Waals surface area (Å²) in [7, 11) is 3.55. The van der Waals surface area contributed by atoms with Crippen molar-refractivity contribution in [2.45, 2.75) is 69.3 Å². The Balaban J connectivity index is 1.88. The van der Waals surface area contributed by atoms with E-state index in [-0.39, 0.29) is 11.7 Å². The number of nitrogens with zero attached hydrogens (tertiary/aromatic N) is 1. The molecule has 1 aromatic rings. The molecule has 1 aromatic carbocycles. The van der Waals surface area contributed by atoms with E-state index in [4.69, 9.17) is 14.2 Å². The van der Waals surface area contributed by atoms with Crippen LogP contribution in [0.5, 0.6) is 5.75 Å². The molecule has 3 aliphatic heterocycles. The van der Waals surface area contributed by atoms with Gasteiger partial charge < -0.3 is 19.1 Å². The number of fused-ring (bicyclic) bond motifs is 7. The second kappa shape index (κ2) is 5.47. The zero-order valence-corrected chi connectivity index (χ0v) is 16.8. The van der Waals surface area contributed by atoms with Gasteiger partial charge in [-0.05, 0) is 57.9 Å². The van der Waals surface area contributed by atoms with Crippen LogP contribution in [0.15, 0.2) is 18.2 Å². The number of Topliss-reactive ketones (excluding diaryl/α,β-unsaturated/α-hetero) is 1. The summed E-state index contributed by atoms with van der Waals surface area (Å²) in [5, 5.41) is 0. The van der Waals surface area contributed by atoms with Crippen LogP contribution >= 0.6 is 0 Å². The Morgan fingerprint density at radius 2 is 2.04 bits per heavy atom. The second-order valence-corrected chi connectivity index (χ2v) is 9.03. The number of likely N-dealkylation sites (N-methyl/N-ethyl adjacent to an activating group) is 1. The van der Waals surface area contributed by atoms with Crippen molar-refractivity contribution < 1.29 is 23.8 Å². The molecule has 6 heteroatoms. The largest absolute Gasteiger partial charge is 0.497 e. The predicted molar refractivity (Wildman–Crippen MR) is 100 cm³/mol. The van der Waals surface area contributed by atoms with Crippen molar-refractivity contribution in [3.05, 3.63) is 23.8 Å². The van der Waals surface area contributed by atoms with Gasteiger partial charge in [-0.15, -0.1) is 0 Å². The molecule has 0 amide bonds. The van der Waals surface area contributed by atoms with E-state index in [1.54, 1.807) is 27.9 Å². The van der Waals surface area contributed by atoms with Crippen molar-refractivity contribution in [1.82, 2.24) is 0 Å². The number of benzene rings is 1. The lowest BCUT2D eigenvalue weighted by atomic mass is 9.79. The monoisotopic (exact) mass is 373 g/mol. The van der Waals surface area contributed by atoms with Gasteiger partial charge in [-0.2, -0.15) is 0 Å². The van der Waals surface area contributed by atoms with E-state index in [9.17, 15) is 9.59 Å². The van der Waals surface area contributed by atoms with Crippen LogP contribution < -0.4 is 9.64 Å². The van der Waals surface area contributed by atoms with Crippen molar-refractivity contribution >= 4 is 17.4 Å². The highest BCUT2D eigenvalue weighted by molar-refractivity contribution is 6.11. The first-order valence-electron chi connectivity index (χ1n) is 9.41. The van der Waals surface area contributed by atoms with Gasteiger partial charge in [0.2, 0.25) is 5.60 Å². The number of methoxy groups -OCH3 is 1. The molecule has 0 saturated carbocycles. The van der Waals surface area contributed by atoms with Gasteiger partial charge in [0.25, 0.3) is 0 Å². The number of hydrogen-bond donors (Lipinski definition) is 0. The third-order valence-electron chi connectivity index (χ3n) is 6.12. The molecule has 2 fully saturated rings. The first kappa shape index (κ1) is 18.3. The Bertz CT molecular complexity index is 828. The summed E-state index contributed by atoms with van der Waals surface area (Å²) in [6.07, 6.45) is 0.901. The van der Waals surface area contributed by atoms with Crippen LogP contribution in [-0.2, 0) is 19.1 Å². The minimum absolute atomic E-state index is 0.105. The van der Waals surface area contributed by atoms with Crippen molar-refractivity contribution in [3.8, 4) is 5.75 Å². The van der Waals surface area contributed by atoms with Crippen molar-refractivity contribution in [1.29, 1.82) is 0 Å². The number of carbonyl (C=O) groups is 2. The highest BCUT2D eigenvalue weighted by atomic mass is 16.6. The van der Waals surface area contributed by atoms with Crippen LogP contribution in [0.2, 0.25) is 0 Å². The van der Waals surface area contributed by atoms with E-state index in [0.717, 1.165) is 17.0 Å². The van der Waals surface area contributed by atoms with E-state index in [1.165, 1.54) is 0 Å². The van der Waals surface area contributed by atoms with Crippen LogP contribution in [0, 0.1) is 0 Å². The predicted octanol–water partition coefficient (Wildman–Crippen LogP) is 2.83. The summed E-state index contributed by atoms with van der Waals surface area (Å²) in [6.45, 7) is 7.42. The zero-order chi connectivity index (χ0) is 19.8. The standard InChI is InChI=1S/C21H27NO5/c1-19(2,3)26-18(24)21-15(23)9-10-20(4,27-21)16-13-11-12(25-6)7-8-14(13)22(5)17(16)21/h7-8,11,16-17H,9-10H2,1-6H3/t16-,17+,20+,21-/m0/s1. The van der Waals surface area contributed by atoms with E-state index in [2.05, 4.69) is 0 Å². The zero-order valence-electron chi connectivity index (χ0n) is 16.8. The molecule has 0 aromatic heterocycles. The van der Waals surface area contributed by atoms with Crippen LogP contribution in [0.1, 0.15) is 52.0 Å². The molecule has 4 atom stereocenters. The van der Waals surface area contributed by atoms with Crippen molar-refractivity contribution in [2.24, 2.45) is 0 Å². The smallest absolute Gasteiger partial charge is 0.349 e. The molecule has 146 valence electrons. The molecule has 0 N–H and O–H groups in total. The average Bonchev–Trinajstić information content (AvgIpc) is 3.01. The van der Waals surface area contributed by atoms with Crippen molar-refractivity contribution in [3.63, 3.8) is 0 Å². The Morgan fingerprint density at radius 3 is 2.67 bits per heavy atom. The lowest BCUT2D eigenvalue weighted by Gasteiger charge is -2.40. The Labute approximate surface area is 159 Å². The summed E-state index contributed by atoms with van der Waals surface area (Å²) in [5.41, 5.74) is -0.838. The van der Waals surface area contributed by atoms with Crippen LogP contribution in [0.25, 0.3) is 0 Å². The van der Waals surface area contributed by atoms with Crippen LogP contribution in [0.3, 0.4) is 0 Å². The highest BCUT2D eigenvalue weighted by Crippen LogP contribution is 2.62. The highest BCUT2D eigenvalue weighted by Gasteiger charge is 2.74. The minimum Gasteiger partial charge on any atom is -0.497 e. The van der Waals surface area contributed by atoms with Gasteiger partial charge >= 0.3 is 5.97 Å². The summed E-state index contributed by atoms with van der Waals surface area (Å²) in [6, 6.07) is 5.46. The maximum absolute atomic E-state index is 13.3. The van der Waals surface area contributed by atoms with Gasteiger partial charge in [0.05, 0.1) is 18.8 Å². The maximum atomic E-state index is 13.3. The number of esters is 1. The molecule has 0 radical (unpaired) electrons. The minimum atomic E-state index is -1.59. The Hall–Kier alpha value is -2.08.